The lowest BCUT2D eigenvalue weighted by Crippen LogP contribution is -2.16. The molecule has 112 valence electrons. The van der Waals surface area contributed by atoms with Crippen LogP contribution in [0.2, 0.25) is 0 Å². The molecule has 0 bridgehead atoms. The Morgan fingerprint density at radius 3 is 2.86 bits per heavy atom. The van der Waals surface area contributed by atoms with E-state index in [0.717, 1.165) is 19.3 Å². The van der Waals surface area contributed by atoms with Gasteiger partial charge in [0, 0.05) is 12.2 Å². The molecule has 2 aromatic rings. The van der Waals surface area contributed by atoms with Crippen molar-refractivity contribution in [2.24, 2.45) is 5.73 Å². The van der Waals surface area contributed by atoms with Gasteiger partial charge in [0.15, 0.2) is 0 Å². The Morgan fingerprint density at radius 1 is 1.33 bits per heavy atom. The number of H-pyrrole nitrogens is 1. The summed E-state index contributed by atoms with van der Waals surface area (Å²) in [5, 5.41) is 6.60. The van der Waals surface area contributed by atoms with Crippen molar-refractivity contribution in [2.45, 2.75) is 37.6 Å². The van der Waals surface area contributed by atoms with Crippen LogP contribution in [0.15, 0.2) is 23.1 Å². The molecule has 4 N–H and O–H groups in total. The molecule has 0 saturated heterocycles. The topological polar surface area (TPSA) is 101 Å². The molecule has 0 spiro atoms. The first-order valence-electron chi connectivity index (χ1n) is 6.90. The Morgan fingerprint density at radius 2 is 2.10 bits per heavy atom. The number of rotatable bonds is 4. The van der Waals surface area contributed by atoms with Crippen molar-refractivity contribution in [2.75, 3.05) is 4.72 Å². The zero-order valence-electron chi connectivity index (χ0n) is 11.8. The van der Waals surface area contributed by atoms with E-state index < -0.39 is 10.0 Å². The molecule has 6 nitrogen and oxygen atoms in total. The highest BCUT2D eigenvalue weighted by atomic mass is 32.2. The molecular weight excluding hydrogens is 288 g/mol. The summed E-state index contributed by atoms with van der Waals surface area (Å²) in [6.07, 6.45) is 3.20. The number of hydrogen-bond donors (Lipinski definition) is 3. The minimum Gasteiger partial charge on any atom is -0.325 e. The molecular formula is C14H18N4O2S. The van der Waals surface area contributed by atoms with Crippen LogP contribution in [0, 0.1) is 6.92 Å². The van der Waals surface area contributed by atoms with Crippen LogP contribution >= 0.6 is 0 Å². The number of aromatic nitrogens is 2. The summed E-state index contributed by atoms with van der Waals surface area (Å²) in [4.78, 5) is 0.144. The number of benzene rings is 1. The summed E-state index contributed by atoms with van der Waals surface area (Å²) in [5.41, 5.74) is 9.50. The fourth-order valence-electron chi connectivity index (χ4n) is 2.81. The second kappa shape index (κ2) is 5.16. The lowest BCUT2D eigenvalue weighted by molar-refractivity contribution is 0.599. The Bertz CT molecular complexity index is 780. The van der Waals surface area contributed by atoms with Gasteiger partial charge in [-0.15, -0.1) is 0 Å². The normalized spacial score (nSPS) is 14.2. The minimum atomic E-state index is -3.68. The Balaban J connectivity index is 1.94. The van der Waals surface area contributed by atoms with Gasteiger partial charge in [-0.2, -0.15) is 5.10 Å². The highest BCUT2D eigenvalue weighted by Crippen LogP contribution is 2.27. The van der Waals surface area contributed by atoms with Crippen LogP contribution in [-0.2, 0) is 29.4 Å². The van der Waals surface area contributed by atoms with Gasteiger partial charge in [0.2, 0.25) is 0 Å². The fourth-order valence-corrected chi connectivity index (χ4v) is 4.23. The van der Waals surface area contributed by atoms with Crippen LogP contribution in [0.5, 0.6) is 0 Å². The predicted octanol–water partition coefficient (Wildman–Crippen LogP) is 1.47. The van der Waals surface area contributed by atoms with Crippen molar-refractivity contribution in [1.82, 2.24) is 10.2 Å². The van der Waals surface area contributed by atoms with Gasteiger partial charge in [0.05, 0.1) is 11.4 Å². The smallest absolute Gasteiger partial charge is 0.265 e. The van der Waals surface area contributed by atoms with Gasteiger partial charge in [-0.05, 0) is 49.4 Å². The lowest BCUT2D eigenvalue weighted by Gasteiger charge is -2.10. The van der Waals surface area contributed by atoms with Gasteiger partial charge in [-0.3, -0.25) is 9.82 Å². The van der Waals surface area contributed by atoms with E-state index in [9.17, 15) is 8.42 Å². The SMILES string of the molecule is Cc1[nH]nc(CN)c1S(=O)(=O)Nc1ccc2c(c1)CCC2. The van der Waals surface area contributed by atoms with Crippen molar-refractivity contribution in [3.8, 4) is 0 Å². The first-order valence-corrected chi connectivity index (χ1v) is 8.38. The average Bonchev–Trinajstić information content (AvgIpc) is 3.03. The van der Waals surface area contributed by atoms with Gasteiger partial charge in [-0.1, -0.05) is 6.07 Å². The maximum Gasteiger partial charge on any atom is 0.265 e. The number of nitrogens with zero attached hydrogens (tertiary/aromatic N) is 1. The van der Waals surface area contributed by atoms with Gasteiger partial charge < -0.3 is 5.73 Å². The molecule has 0 unspecified atom stereocenters. The number of anilines is 1. The van der Waals surface area contributed by atoms with Crippen LogP contribution in [0.3, 0.4) is 0 Å². The molecule has 0 fully saturated rings. The average molecular weight is 306 g/mol. The molecule has 1 aliphatic carbocycles. The summed E-state index contributed by atoms with van der Waals surface area (Å²) in [5.74, 6) is 0. The highest BCUT2D eigenvalue weighted by molar-refractivity contribution is 7.92. The summed E-state index contributed by atoms with van der Waals surface area (Å²) in [6, 6.07) is 5.71. The van der Waals surface area contributed by atoms with Gasteiger partial charge in [-0.25, -0.2) is 8.42 Å². The largest absolute Gasteiger partial charge is 0.325 e. The molecule has 0 amide bonds. The van der Waals surface area contributed by atoms with Gasteiger partial charge >= 0.3 is 0 Å². The van der Waals surface area contributed by atoms with Crippen molar-refractivity contribution in [3.05, 3.63) is 40.7 Å². The van der Waals surface area contributed by atoms with Crippen LogP contribution in [0.25, 0.3) is 0 Å². The number of nitrogens with two attached hydrogens (primary N) is 1. The van der Waals surface area contributed by atoms with Crippen molar-refractivity contribution >= 4 is 15.7 Å². The van der Waals surface area contributed by atoms with E-state index in [1.165, 1.54) is 11.1 Å². The van der Waals surface area contributed by atoms with Gasteiger partial charge in [0.1, 0.15) is 4.90 Å². The number of fused-ring (bicyclic) bond motifs is 1. The van der Waals surface area contributed by atoms with Gasteiger partial charge in [0.25, 0.3) is 10.0 Å². The Labute approximate surface area is 123 Å². The maximum absolute atomic E-state index is 12.5. The zero-order valence-corrected chi connectivity index (χ0v) is 12.6. The number of hydrogen-bond acceptors (Lipinski definition) is 4. The Kier molecular flexibility index (Phi) is 3.46. The van der Waals surface area contributed by atoms with E-state index in [4.69, 9.17) is 5.73 Å². The molecule has 1 heterocycles. The fraction of sp³-hybridized carbons (Fsp3) is 0.357. The van der Waals surface area contributed by atoms with Crippen molar-refractivity contribution in [1.29, 1.82) is 0 Å². The second-order valence-electron chi connectivity index (χ2n) is 5.27. The molecule has 0 saturated carbocycles. The first kappa shape index (κ1) is 14.1. The monoisotopic (exact) mass is 306 g/mol. The van der Waals surface area contributed by atoms with Crippen LogP contribution in [0.4, 0.5) is 5.69 Å². The molecule has 1 aromatic carbocycles. The molecule has 7 heteroatoms. The van der Waals surface area contributed by atoms with E-state index in [1.807, 2.05) is 12.1 Å². The maximum atomic E-state index is 12.5. The number of aryl methyl sites for hydroxylation is 3. The molecule has 21 heavy (non-hydrogen) atoms. The summed E-state index contributed by atoms with van der Waals surface area (Å²) < 4.78 is 27.7. The minimum absolute atomic E-state index is 0.0742. The van der Waals surface area contributed by atoms with E-state index in [2.05, 4.69) is 14.9 Å². The summed E-state index contributed by atoms with van der Waals surface area (Å²) >= 11 is 0. The zero-order chi connectivity index (χ0) is 15.0. The number of nitrogens with one attached hydrogen (secondary N) is 2. The molecule has 0 atom stereocenters. The first-order chi connectivity index (χ1) is 10.0. The molecule has 0 aliphatic heterocycles. The number of sulfonamides is 1. The molecule has 0 radical (unpaired) electrons. The molecule has 1 aliphatic rings. The van der Waals surface area contributed by atoms with E-state index >= 15 is 0 Å². The quantitative estimate of drug-likeness (QED) is 0.796. The third kappa shape index (κ3) is 2.54. The second-order valence-corrected chi connectivity index (χ2v) is 6.89. The molecule has 3 rings (SSSR count). The summed E-state index contributed by atoms with van der Waals surface area (Å²) in [6.45, 7) is 1.74. The van der Waals surface area contributed by atoms with Crippen molar-refractivity contribution in [3.63, 3.8) is 0 Å². The lowest BCUT2D eigenvalue weighted by atomic mass is 10.1. The summed E-state index contributed by atoms with van der Waals surface area (Å²) in [7, 11) is -3.68. The number of aromatic amines is 1. The predicted molar refractivity (Wildman–Crippen MR) is 80.5 cm³/mol. The standard InChI is InChI=1S/C14H18N4O2S/c1-9-14(13(8-15)17-16-9)21(19,20)18-12-6-5-10-3-2-4-11(10)7-12/h5-7,18H,2-4,8,15H2,1H3,(H,16,17). The van der Waals surface area contributed by atoms with Crippen LogP contribution < -0.4 is 10.5 Å². The molecule has 1 aromatic heterocycles. The van der Waals surface area contributed by atoms with Crippen LogP contribution in [0.1, 0.15) is 28.9 Å². The third-order valence-corrected chi connectivity index (χ3v) is 5.36. The van der Waals surface area contributed by atoms with E-state index in [-0.39, 0.29) is 11.4 Å². The van der Waals surface area contributed by atoms with Crippen LogP contribution in [-0.4, -0.2) is 18.6 Å². The highest BCUT2D eigenvalue weighted by Gasteiger charge is 2.24. The third-order valence-electron chi connectivity index (χ3n) is 3.77. The van der Waals surface area contributed by atoms with E-state index in [0.29, 0.717) is 17.1 Å². The van der Waals surface area contributed by atoms with Crippen molar-refractivity contribution < 1.29 is 8.42 Å². The Hall–Kier alpha value is -1.86. The van der Waals surface area contributed by atoms with E-state index in [1.54, 1.807) is 13.0 Å².